The van der Waals surface area contributed by atoms with Gasteiger partial charge in [-0.25, -0.2) is 4.79 Å². The summed E-state index contributed by atoms with van der Waals surface area (Å²) < 4.78 is 4.46. The largest absolute Gasteiger partial charge is 0.478 e. The molecule has 2 N–H and O–H groups in total. The third kappa shape index (κ3) is 4.39. The van der Waals surface area contributed by atoms with Crippen LogP contribution in [0.3, 0.4) is 0 Å². The van der Waals surface area contributed by atoms with Crippen LogP contribution in [0.2, 0.25) is 0 Å². The number of hydrogen-bond donors (Lipinski definition) is 2. The second-order valence-electron chi connectivity index (χ2n) is 3.63. The lowest BCUT2D eigenvalue weighted by atomic mass is 10.0. The third-order valence-corrected chi connectivity index (χ3v) is 2.33. The molecule has 0 amide bonds. The zero-order chi connectivity index (χ0) is 13.5. The molecule has 0 saturated heterocycles. The number of aliphatic hydroxyl groups is 1. The Bertz CT molecular complexity index is 447. The molecular weight excluding hydrogens is 236 g/mol. The third-order valence-electron chi connectivity index (χ3n) is 2.33. The van der Waals surface area contributed by atoms with Crippen LogP contribution in [0.15, 0.2) is 30.3 Å². The maximum Gasteiger partial charge on any atom is 0.328 e. The van der Waals surface area contributed by atoms with E-state index < -0.39 is 18.0 Å². The number of ether oxygens (including phenoxy) is 1. The molecule has 5 nitrogen and oxygen atoms in total. The van der Waals surface area contributed by atoms with Gasteiger partial charge in [-0.05, 0) is 17.2 Å². The summed E-state index contributed by atoms with van der Waals surface area (Å²) in [5.74, 6) is -1.51. The van der Waals surface area contributed by atoms with Gasteiger partial charge in [-0.3, -0.25) is 4.79 Å². The zero-order valence-corrected chi connectivity index (χ0v) is 9.87. The van der Waals surface area contributed by atoms with Crippen molar-refractivity contribution < 1.29 is 24.5 Å². The monoisotopic (exact) mass is 250 g/mol. The zero-order valence-electron chi connectivity index (χ0n) is 9.87. The van der Waals surface area contributed by atoms with E-state index in [1.54, 1.807) is 24.3 Å². The van der Waals surface area contributed by atoms with E-state index in [0.717, 1.165) is 6.08 Å². The first kappa shape index (κ1) is 13.9. The first-order valence-electron chi connectivity index (χ1n) is 5.28. The van der Waals surface area contributed by atoms with Gasteiger partial charge < -0.3 is 14.9 Å². The summed E-state index contributed by atoms with van der Waals surface area (Å²) in [6.07, 6.45) is 1.44. The number of hydrogen-bond acceptors (Lipinski definition) is 4. The fourth-order valence-electron chi connectivity index (χ4n) is 1.36. The molecule has 0 aliphatic heterocycles. The maximum atomic E-state index is 11.0. The quantitative estimate of drug-likeness (QED) is 0.609. The van der Waals surface area contributed by atoms with E-state index in [1.807, 2.05) is 0 Å². The van der Waals surface area contributed by atoms with Gasteiger partial charge in [-0.2, -0.15) is 0 Å². The van der Waals surface area contributed by atoms with Crippen molar-refractivity contribution in [3.63, 3.8) is 0 Å². The van der Waals surface area contributed by atoms with Gasteiger partial charge >= 0.3 is 11.9 Å². The Labute approximate surface area is 104 Å². The molecule has 0 aliphatic carbocycles. The number of aliphatic hydroxyl groups excluding tert-OH is 1. The van der Waals surface area contributed by atoms with Crippen molar-refractivity contribution in [2.75, 3.05) is 7.11 Å². The van der Waals surface area contributed by atoms with Gasteiger partial charge in [0.1, 0.15) is 0 Å². The summed E-state index contributed by atoms with van der Waals surface area (Å²) in [7, 11) is 1.26. The Morgan fingerprint density at radius 2 is 1.94 bits per heavy atom. The summed E-state index contributed by atoms with van der Waals surface area (Å²) >= 11 is 0. The second-order valence-corrected chi connectivity index (χ2v) is 3.63. The van der Waals surface area contributed by atoms with E-state index in [9.17, 15) is 14.7 Å². The van der Waals surface area contributed by atoms with E-state index >= 15 is 0 Å². The number of esters is 1. The number of carboxylic acid groups (broad SMARTS) is 1. The van der Waals surface area contributed by atoms with E-state index in [1.165, 1.54) is 13.2 Å². The average molecular weight is 250 g/mol. The summed E-state index contributed by atoms with van der Waals surface area (Å²) in [6.45, 7) is 0. The maximum absolute atomic E-state index is 11.0. The van der Waals surface area contributed by atoms with Crippen LogP contribution in [0.5, 0.6) is 0 Å². The predicted octanol–water partition coefficient (Wildman–Crippen LogP) is 1.38. The molecule has 1 unspecified atom stereocenters. The van der Waals surface area contributed by atoms with Crippen LogP contribution in [-0.4, -0.2) is 29.3 Å². The molecule has 5 heteroatoms. The van der Waals surface area contributed by atoms with Crippen LogP contribution in [0, 0.1) is 0 Å². The molecule has 0 aromatic heterocycles. The molecule has 0 fully saturated rings. The van der Waals surface area contributed by atoms with Crippen molar-refractivity contribution in [2.45, 2.75) is 12.5 Å². The number of carbonyl (C=O) groups excluding carboxylic acids is 1. The fourth-order valence-corrected chi connectivity index (χ4v) is 1.36. The Kier molecular flexibility index (Phi) is 5.07. The fraction of sp³-hybridized carbons (Fsp3) is 0.231. The minimum absolute atomic E-state index is 0.110. The molecule has 1 aromatic carbocycles. The van der Waals surface area contributed by atoms with Crippen molar-refractivity contribution in [2.24, 2.45) is 0 Å². The van der Waals surface area contributed by atoms with E-state index in [2.05, 4.69) is 4.74 Å². The van der Waals surface area contributed by atoms with Crippen LogP contribution in [-0.2, 0) is 14.3 Å². The van der Waals surface area contributed by atoms with Gasteiger partial charge in [0.05, 0.1) is 19.6 Å². The number of methoxy groups -OCH3 is 1. The van der Waals surface area contributed by atoms with Crippen molar-refractivity contribution >= 4 is 18.0 Å². The Morgan fingerprint density at radius 3 is 2.44 bits per heavy atom. The molecule has 0 aliphatic rings. The lowest BCUT2D eigenvalue weighted by Gasteiger charge is -2.09. The highest BCUT2D eigenvalue weighted by atomic mass is 16.5. The highest BCUT2D eigenvalue weighted by Crippen LogP contribution is 2.18. The molecular formula is C13H14O5. The molecule has 1 rings (SSSR count). The van der Waals surface area contributed by atoms with Gasteiger partial charge in [0, 0.05) is 6.08 Å². The highest BCUT2D eigenvalue weighted by molar-refractivity contribution is 5.85. The predicted molar refractivity (Wildman–Crippen MR) is 64.7 cm³/mol. The molecule has 1 atom stereocenters. The summed E-state index contributed by atoms with van der Waals surface area (Å²) in [5.41, 5.74) is 1.28. The Hall–Kier alpha value is -2.14. The van der Waals surface area contributed by atoms with E-state index in [-0.39, 0.29) is 6.42 Å². The van der Waals surface area contributed by atoms with Gasteiger partial charge in [0.15, 0.2) is 0 Å². The van der Waals surface area contributed by atoms with Crippen molar-refractivity contribution in [3.8, 4) is 0 Å². The standard InChI is InChI=1S/C13H14O5/c1-18-13(17)8-11(14)10-5-2-9(3-6-10)4-7-12(15)16/h2-7,11,14H,8H2,1H3,(H,15,16)/b7-4+. The van der Waals surface area contributed by atoms with E-state index in [4.69, 9.17) is 5.11 Å². The molecule has 0 saturated carbocycles. The number of benzene rings is 1. The smallest absolute Gasteiger partial charge is 0.328 e. The molecule has 96 valence electrons. The first-order chi connectivity index (χ1) is 8.52. The van der Waals surface area contributed by atoms with Crippen LogP contribution in [0.25, 0.3) is 6.08 Å². The molecule has 18 heavy (non-hydrogen) atoms. The lowest BCUT2D eigenvalue weighted by molar-refractivity contribution is -0.143. The van der Waals surface area contributed by atoms with Crippen molar-refractivity contribution in [1.29, 1.82) is 0 Å². The number of rotatable bonds is 5. The normalized spacial score (nSPS) is 12.3. The lowest BCUT2D eigenvalue weighted by Crippen LogP contribution is -2.07. The minimum Gasteiger partial charge on any atom is -0.478 e. The van der Waals surface area contributed by atoms with Gasteiger partial charge in [-0.15, -0.1) is 0 Å². The van der Waals surface area contributed by atoms with Gasteiger partial charge in [-0.1, -0.05) is 24.3 Å². The van der Waals surface area contributed by atoms with E-state index in [0.29, 0.717) is 11.1 Å². The first-order valence-corrected chi connectivity index (χ1v) is 5.28. The SMILES string of the molecule is COC(=O)CC(O)c1ccc(/C=C/C(=O)O)cc1. The van der Waals surface area contributed by atoms with Crippen molar-refractivity contribution in [3.05, 3.63) is 41.5 Å². The summed E-state index contributed by atoms with van der Waals surface area (Å²) in [5, 5.41) is 18.2. The average Bonchev–Trinajstić information content (AvgIpc) is 2.36. The van der Waals surface area contributed by atoms with Crippen LogP contribution >= 0.6 is 0 Å². The topological polar surface area (TPSA) is 83.8 Å². The molecule has 0 bridgehead atoms. The highest BCUT2D eigenvalue weighted by Gasteiger charge is 2.12. The summed E-state index contributed by atoms with van der Waals surface area (Å²) in [4.78, 5) is 21.3. The molecule has 1 aromatic rings. The molecule has 0 radical (unpaired) electrons. The Morgan fingerprint density at radius 1 is 1.33 bits per heavy atom. The Balaban J connectivity index is 2.70. The molecule has 0 heterocycles. The van der Waals surface area contributed by atoms with Gasteiger partial charge in [0.25, 0.3) is 0 Å². The number of carboxylic acids is 1. The molecule has 0 spiro atoms. The summed E-state index contributed by atoms with van der Waals surface area (Å²) in [6, 6.07) is 6.59. The van der Waals surface area contributed by atoms with Crippen molar-refractivity contribution in [1.82, 2.24) is 0 Å². The van der Waals surface area contributed by atoms with Crippen LogP contribution < -0.4 is 0 Å². The second kappa shape index (κ2) is 6.56. The number of carbonyl (C=O) groups is 2. The minimum atomic E-state index is -1.02. The van der Waals surface area contributed by atoms with Gasteiger partial charge in [0.2, 0.25) is 0 Å². The number of aliphatic carboxylic acids is 1. The van der Waals surface area contributed by atoms with Crippen LogP contribution in [0.4, 0.5) is 0 Å². The van der Waals surface area contributed by atoms with Crippen LogP contribution in [0.1, 0.15) is 23.7 Å².